The van der Waals surface area contributed by atoms with Crippen molar-refractivity contribution in [2.45, 2.75) is 85.2 Å². The molecule has 0 saturated carbocycles. The van der Waals surface area contributed by atoms with Gasteiger partial charge in [-0.25, -0.2) is 9.36 Å². The maximum atomic E-state index is 13.5. The summed E-state index contributed by atoms with van der Waals surface area (Å²) in [4.78, 5) is 25.9. The number of nitrogens with one attached hydrogen (secondary N) is 2. The third-order valence-corrected chi connectivity index (χ3v) is 5.89. The summed E-state index contributed by atoms with van der Waals surface area (Å²) in [6.07, 6.45) is 4.17. The predicted octanol–water partition coefficient (Wildman–Crippen LogP) is 5.26. The van der Waals surface area contributed by atoms with E-state index in [4.69, 9.17) is 24.7 Å². The van der Waals surface area contributed by atoms with Crippen molar-refractivity contribution in [3.8, 4) is 47.9 Å². The van der Waals surface area contributed by atoms with Crippen LogP contribution in [0.3, 0.4) is 0 Å². The number of hydrogen-bond donors (Lipinski definition) is 2. The lowest BCUT2D eigenvalue weighted by atomic mass is 10.1. The SMILES string of the molecule is C#CC#CC#CC#Cc1ccccc1NC(=O)C(COP(=O)(OC(C)(C)C)OC(C)(C)C)NC(=O)OC(C)(C)C. The number of phosphoric acid groups is 1. The van der Waals surface area contributed by atoms with Crippen molar-refractivity contribution in [3.63, 3.8) is 0 Å². The zero-order chi connectivity index (χ0) is 30.6. The molecule has 0 aliphatic rings. The van der Waals surface area contributed by atoms with E-state index in [-0.39, 0.29) is 0 Å². The van der Waals surface area contributed by atoms with E-state index in [1.807, 2.05) is 0 Å². The van der Waals surface area contributed by atoms with Crippen LogP contribution in [0.2, 0.25) is 0 Å². The molecule has 0 spiro atoms. The van der Waals surface area contributed by atoms with Crippen molar-refractivity contribution >= 4 is 25.5 Å². The number of carbonyl (C=O) groups is 2. The van der Waals surface area contributed by atoms with Gasteiger partial charge in [-0.15, -0.1) is 6.42 Å². The molecule has 0 heterocycles. The van der Waals surface area contributed by atoms with Gasteiger partial charge < -0.3 is 15.4 Å². The Bertz CT molecular complexity index is 1320. The van der Waals surface area contributed by atoms with Crippen molar-refractivity contribution < 1.29 is 32.5 Å². The highest BCUT2D eigenvalue weighted by Gasteiger charge is 2.39. The number of amides is 2. The van der Waals surface area contributed by atoms with Gasteiger partial charge in [-0.1, -0.05) is 18.1 Å². The Balaban J connectivity index is 3.28. The third kappa shape index (κ3) is 15.0. The second-order valence-electron chi connectivity index (χ2n) is 11.3. The van der Waals surface area contributed by atoms with Crippen molar-refractivity contribution in [2.75, 3.05) is 11.9 Å². The van der Waals surface area contributed by atoms with Crippen LogP contribution in [0.5, 0.6) is 0 Å². The molecule has 0 saturated heterocycles. The highest BCUT2D eigenvalue weighted by atomic mass is 31.2. The Labute approximate surface area is 238 Å². The van der Waals surface area contributed by atoms with Crippen LogP contribution in [0.4, 0.5) is 10.5 Å². The van der Waals surface area contributed by atoms with Crippen molar-refractivity contribution in [2.24, 2.45) is 0 Å². The fourth-order valence-corrected chi connectivity index (χ4v) is 4.51. The predicted molar refractivity (Wildman–Crippen MR) is 155 cm³/mol. The molecule has 1 rings (SSSR count). The molecule has 0 aliphatic heterocycles. The molecule has 2 amide bonds. The topological polar surface area (TPSA) is 112 Å². The van der Waals surface area contributed by atoms with E-state index in [0.717, 1.165) is 0 Å². The fraction of sp³-hybridized carbons (Fsp3) is 0.467. The molecule has 0 aliphatic carbocycles. The molecular weight excluding hydrogens is 531 g/mol. The first-order valence-electron chi connectivity index (χ1n) is 12.3. The number of alkyl carbamates (subject to hydrolysis) is 1. The molecule has 1 unspecified atom stereocenters. The number of carbonyl (C=O) groups excluding carboxylic acids is 2. The van der Waals surface area contributed by atoms with Crippen LogP contribution in [0.1, 0.15) is 67.9 Å². The molecule has 10 heteroatoms. The van der Waals surface area contributed by atoms with E-state index in [9.17, 15) is 14.2 Å². The maximum Gasteiger partial charge on any atom is 0.475 e. The number of ether oxygens (including phenoxy) is 1. The van der Waals surface area contributed by atoms with Crippen LogP contribution in [-0.4, -0.2) is 41.5 Å². The largest absolute Gasteiger partial charge is 0.475 e. The number of para-hydroxylation sites is 1. The minimum absolute atomic E-state index is 0.340. The van der Waals surface area contributed by atoms with Crippen LogP contribution >= 0.6 is 7.82 Å². The van der Waals surface area contributed by atoms with E-state index >= 15 is 0 Å². The Morgan fingerprint density at radius 1 is 0.875 bits per heavy atom. The lowest BCUT2D eigenvalue weighted by Crippen LogP contribution is -2.48. The minimum atomic E-state index is -4.19. The van der Waals surface area contributed by atoms with E-state index in [0.29, 0.717) is 11.3 Å². The van der Waals surface area contributed by atoms with Gasteiger partial charge in [-0.3, -0.25) is 18.4 Å². The highest BCUT2D eigenvalue weighted by Crippen LogP contribution is 2.55. The van der Waals surface area contributed by atoms with E-state index in [2.05, 4.69) is 52.1 Å². The quantitative estimate of drug-likeness (QED) is 0.325. The zero-order valence-electron chi connectivity index (χ0n) is 24.5. The molecule has 0 fully saturated rings. The molecule has 1 aromatic carbocycles. The minimum Gasteiger partial charge on any atom is -0.444 e. The average Bonchev–Trinajstić information content (AvgIpc) is 2.76. The van der Waals surface area contributed by atoms with Crippen molar-refractivity contribution in [3.05, 3.63) is 29.8 Å². The summed E-state index contributed by atoms with van der Waals surface area (Å²) in [5.41, 5.74) is -1.84. The Morgan fingerprint density at radius 3 is 1.98 bits per heavy atom. The molecule has 0 radical (unpaired) electrons. The molecule has 1 aromatic rings. The van der Waals surface area contributed by atoms with Gasteiger partial charge in [0.05, 0.1) is 23.5 Å². The van der Waals surface area contributed by atoms with Gasteiger partial charge in [0.15, 0.2) is 0 Å². The summed E-state index contributed by atoms with van der Waals surface area (Å²) in [6, 6.07) is 5.37. The molecule has 214 valence electrons. The van der Waals surface area contributed by atoms with Gasteiger partial charge in [-0.05, 0) is 110 Å². The van der Waals surface area contributed by atoms with Crippen LogP contribution in [0.15, 0.2) is 24.3 Å². The second-order valence-corrected chi connectivity index (χ2v) is 12.8. The Hall–Kier alpha value is -3.69. The molecular formula is C30H37N2O7P. The van der Waals surface area contributed by atoms with Crippen LogP contribution in [0.25, 0.3) is 0 Å². The number of rotatable bonds is 8. The van der Waals surface area contributed by atoms with Crippen molar-refractivity contribution in [1.29, 1.82) is 0 Å². The number of benzene rings is 1. The van der Waals surface area contributed by atoms with Gasteiger partial charge in [-0.2, -0.15) is 0 Å². The van der Waals surface area contributed by atoms with Gasteiger partial charge in [0.2, 0.25) is 5.91 Å². The molecule has 2 N–H and O–H groups in total. The Kier molecular flexibility index (Phi) is 12.6. The molecule has 0 bridgehead atoms. The normalized spacial score (nSPS) is 12.1. The first kappa shape index (κ1) is 34.3. The first-order chi connectivity index (χ1) is 18.3. The summed E-state index contributed by atoms with van der Waals surface area (Å²) in [6.45, 7) is 14.6. The van der Waals surface area contributed by atoms with E-state index in [1.54, 1.807) is 86.6 Å². The number of terminal acetylenes is 1. The summed E-state index contributed by atoms with van der Waals surface area (Å²) >= 11 is 0. The van der Waals surface area contributed by atoms with Gasteiger partial charge in [0.1, 0.15) is 11.6 Å². The summed E-state index contributed by atoms with van der Waals surface area (Å²) in [5.74, 6) is 16.8. The monoisotopic (exact) mass is 568 g/mol. The van der Waals surface area contributed by atoms with Crippen LogP contribution in [0, 0.1) is 47.9 Å². The standard InChI is InChI=1S/C30H37N2O7P/c1-11-12-13-14-15-16-19-23-20-17-18-21-24(23)31-26(33)25(32-27(34)37-28(2,3)4)22-36-40(35,38-29(5,6)7)39-30(8,9)10/h1,17-18,20-21,25H,22H2,2-10H3,(H,31,33)(H,32,34). The van der Waals surface area contributed by atoms with Gasteiger partial charge >= 0.3 is 13.9 Å². The third-order valence-electron chi connectivity index (χ3n) is 3.88. The summed E-state index contributed by atoms with van der Waals surface area (Å²) < 4.78 is 35.6. The molecule has 9 nitrogen and oxygen atoms in total. The van der Waals surface area contributed by atoms with Crippen LogP contribution < -0.4 is 10.6 Å². The number of phosphoric ester groups is 1. The number of hydrogen-bond acceptors (Lipinski definition) is 7. The highest BCUT2D eigenvalue weighted by molar-refractivity contribution is 7.48. The molecule has 40 heavy (non-hydrogen) atoms. The smallest absolute Gasteiger partial charge is 0.444 e. The second kappa shape index (κ2) is 14.6. The first-order valence-corrected chi connectivity index (χ1v) is 13.8. The van der Waals surface area contributed by atoms with E-state index < -0.39 is 49.3 Å². The molecule has 0 aromatic heterocycles. The van der Waals surface area contributed by atoms with Crippen LogP contribution in [-0.2, 0) is 27.7 Å². The number of anilines is 1. The molecule has 1 atom stereocenters. The van der Waals surface area contributed by atoms with E-state index in [1.165, 1.54) is 0 Å². The van der Waals surface area contributed by atoms with Gasteiger partial charge in [0.25, 0.3) is 0 Å². The summed E-state index contributed by atoms with van der Waals surface area (Å²) in [7, 11) is -4.19. The zero-order valence-corrected chi connectivity index (χ0v) is 25.4. The average molecular weight is 569 g/mol. The Morgan fingerprint density at radius 2 is 1.43 bits per heavy atom. The fourth-order valence-electron chi connectivity index (χ4n) is 2.69. The lowest BCUT2D eigenvalue weighted by molar-refractivity contribution is -0.119. The summed E-state index contributed by atoms with van der Waals surface area (Å²) in [5, 5.41) is 5.17. The maximum absolute atomic E-state index is 13.5. The van der Waals surface area contributed by atoms with Gasteiger partial charge in [0, 0.05) is 5.56 Å². The van der Waals surface area contributed by atoms with Crippen molar-refractivity contribution in [1.82, 2.24) is 5.32 Å². The lowest BCUT2D eigenvalue weighted by Gasteiger charge is -2.31.